The molecule has 0 saturated carbocycles. The third-order valence-electron chi connectivity index (χ3n) is 5.02. The van der Waals surface area contributed by atoms with Crippen molar-refractivity contribution in [3.05, 3.63) is 97.2 Å². The molecule has 0 unspecified atom stereocenters. The maximum Gasteiger partial charge on any atom is 0.133 e. The first kappa shape index (κ1) is 15.6. The second-order valence-corrected chi connectivity index (χ2v) is 6.61. The summed E-state index contributed by atoms with van der Waals surface area (Å²) in [6, 6.07) is 30.4. The van der Waals surface area contributed by atoms with Gasteiger partial charge in [0.2, 0.25) is 0 Å². The third-order valence-corrected chi connectivity index (χ3v) is 5.02. The van der Waals surface area contributed by atoms with E-state index in [1.165, 1.54) is 0 Å². The first-order valence-corrected chi connectivity index (χ1v) is 8.97. The van der Waals surface area contributed by atoms with E-state index in [-0.39, 0.29) is 5.75 Å². The smallest absolute Gasteiger partial charge is 0.133 e. The summed E-state index contributed by atoms with van der Waals surface area (Å²) in [5.41, 5.74) is 3.39. The molecule has 5 aromatic rings. The molecule has 0 atom stereocenters. The Bertz CT molecular complexity index is 1270. The molecule has 0 radical (unpaired) electrons. The molecular weight excluding hydrogens is 330 g/mol. The zero-order valence-corrected chi connectivity index (χ0v) is 14.6. The number of pyridine rings is 1. The zero-order chi connectivity index (χ0) is 18.2. The molecular formula is C25H17NO. The van der Waals surface area contributed by atoms with E-state index in [0.717, 1.165) is 43.9 Å². The predicted molar refractivity (Wildman–Crippen MR) is 112 cm³/mol. The van der Waals surface area contributed by atoms with E-state index in [1.54, 1.807) is 6.20 Å². The van der Waals surface area contributed by atoms with Gasteiger partial charge in [0.15, 0.2) is 0 Å². The minimum absolute atomic E-state index is 0.267. The minimum atomic E-state index is 0.267. The maximum absolute atomic E-state index is 11.3. The Balaban J connectivity index is 1.93. The molecule has 1 heterocycles. The van der Waals surface area contributed by atoms with E-state index in [2.05, 4.69) is 41.4 Å². The van der Waals surface area contributed by atoms with E-state index in [4.69, 9.17) is 0 Å². The second-order valence-electron chi connectivity index (χ2n) is 6.61. The molecule has 27 heavy (non-hydrogen) atoms. The van der Waals surface area contributed by atoms with E-state index in [0.29, 0.717) is 0 Å². The largest absolute Gasteiger partial charge is 0.507 e. The van der Waals surface area contributed by atoms with Crippen LogP contribution in [0, 0.1) is 0 Å². The van der Waals surface area contributed by atoms with Crippen LogP contribution in [0.5, 0.6) is 5.75 Å². The Morgan fingerprint density at radius 1 is 0.593 bits per heavy atom. The van der Waals surface area contributed by atoms with Crippen molar-refractivity contribution in [2.45, 2.75) is 0 Å². The van der Waals surface area contributed by atoms with Crippen LogP contribution >= 0.6 is 0 Å². The maximum atomic E-state index is 11.3. The van der Waals surface area contributed by atoms with Gasteiger partial charge in [0, 0.05) is 17.3 Å². The van der Waals surface area contributed by atoms with Gasteiger partial charge in [-0.05, 0) is 45.3 Å². The number of phenols is 1. The first-order chi connectivity index (χ1) is 13.3. The van der Waals surface area contributed by atoms with Crippen molar-refractivity contribution in [1.29, 1.82) is 0 Å². The number of aromatic nitrogens is 1. The molecule has 5 rings (SSSR count). The fraction of sp³-hybridized carbons (Fsp3) is 0. The zero-order valence-electron chi connectivity index (χ0n) is 14.6. The summed E-state index contributed by atoms with van der Waals surface area (Å²) in [5, 5.41) is 15.7. The third kappa shape index (κ3) is 2.54. The van der Waals surface area contributed by atoms with Gasteiger partial charge in [0.1, 0.15) is 5.75 Å². The normalized spacial score (nSPS) is 11.1. The molecule has 0 aliphatic carbocycles. The highest BCUT2D eigenvalue weighted by atomic mass is 16.3. The molecule has 2 nitrogen and oxygen atoms in total. The second kappa shape index (κ2) is 6.26. The monoisotopic (exact) mass is 347 g/mol. The van der Waals surface area contributed by atoms with E-state index in [1.807, 2.05) is 54.6 Å². The van der Waals surface area contributed by atoms with Crippen molar-refractivity contribution in [2.24, 2.45) is 0 Å². The summed E-state index contributed by atoms with van der Waals surface area (Å²) in [7, 11) is 0. The van der Waals surface area contributed by atoms with Gasteiger partial charge in [-0.1, -0.05) is 72.8 Å². The van der Waals surface area contributed by atoms with E-state index >= 15 is 0 Å². The van der Waals surface area contributed by atoms with E-state index < -0.39 is 0 Å². The molecule has 2 heteroatoms. The van der Waals surface area contributed by atoms with Gasteiger partial charge < -0.3 is 5.11 Å². The van der Waals surface area contributed by atoms with Crippen LogP contribution in [0.15, 0.2) is 97.2 Å². The summed E-state index contributed by atoms with van der Waals surface area (Å²) in [4.78, 5) is 4.45. The first-order valence-electron chi connectivity index (χ1n) is 8.97. The summed E-state index contributed by atoms with van der Waals surface area (Å²) in [6.45, 7) is 0. The number of phenolic OH excluding ortho intramolecular Hbond substituents is 1. The molecule has 0 aliphatic heterocycles. The van der Waals surface area contributed by atoms with Crippen molar-refractivity contribution >= 4 is 21.5 Å². The Morgan fingerprint density at radius 2 is 1.30 bits per heavy atom. The average molecular weight is 347 g/mol. The Morgan fingerprint density at radius 3 is 2.11 bits per heavy atom. The summed E-state index contributed by atoms with van der Waals surface area (Å²) in [6.07, 6.45) is 1.75. The van der Waals surface area contributed by atoms with Gasteiger partial charge in [0.25, 0.3) is 0 Å². The summed E-state index contributed by atoms with van der Waals surface area (Å²) in [5.74, 6) is 0.267. The van der Waals surface area contributed by atoms with Crippen molar-refractivity contribution < 1.29 is 5.11 Å². The van der Waals surface area contributed by atoms with Crippen LogP contribution < -0.4 is 0 Å². The van der Waals surface area contributed by atoms with Crippen molar-refractivity contribution in [3.63, 3.8) is 0 Å². The average Bonchev–Trinajstić information content (AvgIpc) is 2.74. The molecule has 1 aromatic heterocycles. The predicted octanol–water partition coefficient (Wildman–Crippen LogP) is 6.43. The van der Waals surface area contributed by atoms with E-state index in [9.17, 15) is 5.11 Å². The van der Waals surface area contributed by atoms with Crippen LogP contribution in [-0.4, -0.2) is 10.1 Å². The van der Waals surface area contributed by atoms with Gasteiger partial charge in [-0.3, -0.25) is 4.98 Å². The molecule has 0 spiro atoms. The lowest BCUT2D eigenvalue weighted by Gasteiger charge is -2.16. The molecule has 1 N–H and O–H groups in total. The van der Waals surface area contributed by atoms with Crippen LogP contribution in [0.25, 0.3) is 43.9 Å². The molecule has 0 amide bonds. The minimum Gasteiger partial charge on any atom is -0.507 e. The van der Waals surface area contributed by atoms with Gasteiger partial charge >= 0.3 is 0 Å². The molecule has 4 aromatic carbocycles. The lowest BCUT2D eigenvalue weighted by atomic mass is 9.90. The van der Waals surface area contributed by atoms with Gasteiger partial charge in [-0.2, -0.15) is 0 Å². The number of rotatable bonds is 2. The fourth-order valence-electron chi connectivity index (χ4n) is 3.77. The number of hydrogen-bond acceptors (Lipinski definition) is 2. The molecule has 0 bridgehead atoms. The SMILES string of the molecule is Oc1c(-c2ccccn2)cc2ccccc2c1-c1cccc2ccccc12. The fourth-order valence-corrected chi connectivity index (χ4v) is 3.77. The number of nitrogens with zero attached hydrogens (tertiary/aromatic N) is 1. The highest BCUT2D eigenvalue weighted by Crippen LogP contribution is 2.44. The highest BCUT2D eigenvalue weighted by molar-refractivity contribution is 6.10. The summed E-state index contributed by atoms with van der Waals surface area (Å²) >= 11 is 0. The quantitative estimate of drug-likeness (QED) is 0.399. The van der Waals surface area contributed by atoms with Crippen LogP contribution in [0.1, 0.15) is 0 Å². The number of hydrogen-bond donors (Lipinski definition) is 1. The van der Waals surface area contributed by atoms with Crippen LogP contribution in [0.2, 0.25) is 0 Å². The Hall–Kier alpha value is -3.65. The standard InChI is InChI=1S/C25H17NO/c27-25-22(23-14-5-6-15-26-23)16-18-9-2-4-12-20(18)24(25)21-13-7-10-17-8-1-3-11-19(17)21/h1-16,27H. The van der Waals surface area contributed by atoms with Crippen molar-refractivity contribution in [2.75, 3.05) is 0 Å². The van der Waals surface area contributed by atoms with Gasteiger partial charge in [-0.25, -0.2) is 0 Å². The molecule has 0 saturated heterocycles. The van der Waals surface area contributed by atoms with Crippen LogP contribution in [0.3, 0.4) is 0 Å². The number of aromatic hydroxyl groups is 1. The molecule has 128 valence electrons. The summed E-state index contributed by atoms with van der Waals surface area (Å²) < 4.78 is 0. The van der Waals surface area contributed by atoms with Crippen LogP contribution in [0.4, 0.5) is 0 Å². The van der Waals surface area contributed by atoms with Gasteiger partial charge in [0.05, 0.1) is 5.69 Å². The van der Waals surface area contributed by atoms with Crippen molar-refractivity contribution in [3.8, 4) is 28.1 Å². The lowest BCUT2D eigenvalue weighted by molar-refractivity contribution is 0.480. The Kier molecular flexibility index (Phi) is 3.61. The Labute approximate surface area is 157 Å². The molecule has 0 aliphatic rings. The highest BCUT2D eigenvalue weighted by Gasteiger charge is 2.17. The topological polar surface area (TPSA) is 33.1 Å². The van der Waals surface area contributed by atoms with Crippen LogP contribution in [-0.2, 0) is 0 Å². The van der Waals surface area contributed by atoms with Crippen molar-refractivity contribution in [1.82, 2.24) is 4.98 Å². The number of fused-ring (bicyclic) bond motifs is 2. The lowest BCUT2D eigenvalue weighted by Crippen LogP contribution is -1.90. The number of benzene rings is 4. The van der Waals surface area contributed by atoms with Gasteiger partial charge in [-0.15, -0.1) is 0 Å². The molecule has 0 fully saturated rings.